The van der Waals surface area contributed by atoms with E-state index in [0.717, 1.165) is 4.91 Å². The van der Waals surface area contributed by atoms with Gasteiger partial charge in [0.05, 0.1) is 23.8 Å². The van der Waals surface area contributed by atoms with Gasteiger partial charge in [-0.25, -0.2) is 4.79 Å². The number of carbonyl (C=O) groups is 4. The van der Waals surface area contributed by atoms with Gasteiger partial charge in [-0.2, -0.15) is 0 Å². The van der Waals surface area contributed by atoms with Gasteiger partial charge in [-0.1, -0.05) is 6.92 Å². The van der Waals surface area contributed by atoms with Crippen molar-refractivity contribution in [3.05, 3.63) is 10.6 Å². The molecule has 0 saturated carbocycles. The van der Waals surface area contributed by atoms with E-state index >= 15 is 0 Å². The number of fused-ring (bicyclic) bond motifs is 1. The van der Waals surface area contributed by atoms with E-state index in [1.54, 1.807) is 6.92 Å². The molecule has 0 unspecified atom stereocenters. The number of amides is 2. The van der Waals surface area contributed by atoms with E-state index in [0.29, 0.717) is 12.1 Å². The molecule has 0 aliphatic carbocycles. The molecule has 6 atom stereocenters. The van der Waals surface area contributed by atoms with Crippen LogP contribution in [0, 0.1) is 11.8 Å². The maximum atomic E-state index is 12.5. The van der Waals surface area contributed by atoms with Gasteiger partial charge in [0.15, 0.2) is 5.78 Å². The summed E-state index contributed by atoms with van der Waals surface area (Å²) in [6, 6.07) is -1.12. The first kappa shape index (κ1) is 19.9. The molecule has 2 fully saturated rings. The van der Waals surface area contributed by atoms with Crippen molar-refractivity contribution in [2.24, 2.45) is 11.8 Å². The van der Waals surface area contributed by atoms with Crippen LogP contribution in [0.5, 0.6) is 0 Å². The summed E-state index contributed by atoms with van der Waals surface area (Å²) in [5.74, 6) is -2.46. The van der Waals surface area contributed by atoms with Crippen LogP contribution in [-0.4, -0.2) is 73.6 Å². The minimum atomic E-state index is -1.04. The number of rotatable bonds is 5. The lowest BCUT2D eigenvalue weighted by Crippen LogP contribution is -2.63. The first-order valence-corrected chi connectivity index (χ1v) is 9.87. The second-order valence-electron chi connectivity index (χ2n) is 7.52. The summed E-state index contributed by atoms with van der Waals surface area (Å²) in [4.78, 5) is 51.5. The number of aliphatic carboxylic acids is 1. The Hall–Kier alpha value is -1.87. The molecule has 3 rings (SSSR count). The van der Waals surface area contributed by atoms with Gasteiger partial charge in [0.1, 0.15) is 6.04 Å². The molecule has 8 nitrogen and oxygen atoms in total. The number of β-lactam (4-membered cyclic amide) rings is 1. The average Bonchev–Trinajstić information content (AvgIpc) is 3.07. The molecule has 9 heteroatoms. The van der Waals surface area contributed by atoms with E-state index in [2.05, 4.69) is 0 Å². The van der Waals surface area contributed by atoms with Gasteiger partial charge < -0.3 is 20.0 Å². The average molecular weight is 396 g/mol. The minimum absolute atomic E-state index is 0.124. The lowest BCUT2D eigenvalue weighted by atomic mass is 9.79. The molecular weight excluding hydrogens is 372 g/mol. The molecule has 0 radical (unpaired) electrons. The normalized spacial score (nSPS) is 33.8. The summed E-state index contributed by atoms with van der Waals surface area (Å²) in [5, 5.41) is 19.1. The van der Waals surface area contributed by atoms with Crippen molar-refractivity contribution in [3.63, 3.8) is 0 Å². The molecule has 2 N–H and O–H groups in total. The predicted molar refractivity (Wildman–Crippen MR) is 97.5 cm³/mol. The second-order valence-corrected chi connectivity index (χ2v) is 8.87. The van der Waals surface area contributed by atoms with Gasteiger partial charge >= 0.3 is 5.97 Å². The fourth-order valence-corrected chi connectivity index (χ4v) is 6.04. The third-order valence-corrected chi connectivity index (χ3v) is 7.18. The van der Waals surface area contributed by atoms with Crippen molar-refractivity contribution in [1.82, 2.24) is 9.80 Å². The van der Waals surface area contributed by atoms with Crippen LogP contribution in [0.1, 0.15) is 34.1 Å². The van der Waals surface area contributed by atoms with Crippen molar-refractivity contribution >= 4 is 35.3 Å². The molecule has 2 saturated heterocycles. The molecule has 27 heavy (non-hydrogen) atoms. The standard InChI is InChI=1S/C18H24N2O6S/c1-7-14-13(8(2)21)17(24)20(14)15(9(3)22)16(7)27-11-5-12(18(25)26)19(6-11)10(4)23/h7-8,11-14,21H,5-6H2,1-4H3,(H,25,26)/t7-,8-,11+,12+,13-,14-/m1/s1. The lowest BCUT2D eigenvalue weighted by molar-refractivity contribution is -0.161. The zero-order valence-corrected chi connectivity index (χ0v) is 16.5. The number of carboxylic acid groups (broad SMARTS) is 1. The number of allylic oxidation sites excluding steroid dienone is 1. The van der Waals surface area contributed by atoms with Gasteiger partial charge in [-0.3, -0.25) is 14.4 Å². The third-order valence-electron chi connectivity index (χ3n) is 5.69. The van der Waals surface area contributed by atoms with Crippen LogP contribution >= 0.6 is 11.8 Å². The Balaban J connectivity index is 1.86. The van der Waals surface area contributed by atoms with Crippen LogP contribution in [0.3, 0.4) is 0 Å². The van der Waals surface area contributed by atoms with E-state index in [1.807, 2.05) is 6.92 Å². The molecule has 0 bridgehead atoms. The predicted octanol–water partition coefficient (Wildman–Crippen LogP) is 0.452. The van der Waals surface area contributed by atoms with Crippen LogP contribution < -0.4 is 0 Å². The highest BCUT2D eigenvalue weighted by Gasteiger charge is 2.59. The van der Waals surface area contributed by atoms with Crippen molar-refractivity contribution < 1.29 is 29.4 Å². The second kappa shape index (κ2) is 6.94. The molecule has 0 aromatic heterocycles. The Morgan fingerprint density at radius 2 is 1.89 bits per heavy atom. The Morgan fingerprint density at radius 1 is 1.26 bits per heavy atom. The quantitative estimate of drug-likeness (QED) is 0.648. The molecule has 0 aromatic rings. The monoisotopic (exact) mass is 396 g/mol. The van der Waals surface area contributed by atoms with Crippen LogP contribution in [0.25, 0.3) is 0 Å². The number of thioether (sulfide) groups is 1. The number of hydrogen-bond acceptors (Lipinski definition) is 6. The fraction of sp³-hybridized carbons (Fsp3) is 0.667. The number of carboxylic acids is 1. The highest BCUT2D eigenvalue weighted by Crippen LogP contribution is 2.52. The first-order chi connectivity index (χ1) is 12.6. The largest absolute Gasteiger partial charge is 0.480 e. The van der Waals surface area contributed by atoms with E-state index in [4.69, 9.17) is 0 Å². The minimum Gasteiger partial charge on any atom is -0.480 e. The summed E-state index contributed by atoms with van der Waals surface area (Å²) in [5.41, 5.74) is 0.354. The number of nitrogens with zero attached hydrogens (tertiary/aromatic N) is 2. The molecule has 0 aromatic carbocycles. The summed E-state index contributed by atoms with van der Waals surface area (Å²) in [6.07, 6.45) is -0.505. The maximum Gasteiger partial charge on any atom is 0.326 e. The number of ketones is 1. The van der Waals surface area contributed by atoms with Crippen molar-refractivity contribution in [1.29, 1.82) is 0 Å². The van der Waals surface area contributed by atoms with Gasteiger partial charge in [0, 0.05) is 36.5 Å². The van der Waals surface area contributed by atoms with Crippen molar-refractivity contribution in [2.45, 2.75) is 57.6 Å². The molecular formula is C18H24N2O6S. The summed E-state index contributed by atoms with van der Waals surface area (Å²) < 4.78 is 0. The topological polar surface area (TPSA) is 115 Å². The van der Waals surface area contributed by atoms with Crippen LogP contribution in [0.4, 0.5) is 0 Å². The van der Waals surface area contributed by atoms with E-state index in [9.17, 15) is 29.4 Å². The lowest BCUT2D eigenvalue weighted by Gasteiger charge is -2.46. The Kier molecular flexibility index (Phi) is 5.11. The number of aliphatic hydroxyl groups is 1. The van der Waals surface area contributed by atoms with Gasteiger partial charge in [-0.15, -0.1) is 11.8 Å². The van der Waals surface area contributed by atoms with Crippen LogP contribution in [0.2, 0.25) is 0 Å². The first-order valence-electron chi connectivity index (χ1n) is 8.99. The zero-order chi connectivity index (χ0) is 20.2. The zero-order valence-electron chi connectivity index (χ0n) is 15.7. The number of hydrogen-bond donors (Lipinski definition) is 2. The molecule has 0 spiro atoms. The number of aliphatic hydroxyl groups excluding tert-OH is 1. The van der Waals surface area contributed by atoms with Crippen molar-refractivity contribution in [3.8, 4) is 0 Å². The number of Topliss-reactive ketones (excluding diaryl/α,β-unsaturated/α-hetero) is 1. The van der Waals surface area contributed by atoms with Gasteiger partial charge in [-0.05, 0) is 13.3 Å². The highest BCUT2D eigenvalue weighted by molar-refractivity contribution is 8.03. The van der Waals surface area contributed by atoms with E-state index in [1.165, 1.54) is 35.4 Å². The Bertz CT molecular complexity index is 726. The molecule has 148 valence electrons. The SMILES string of the molecule is CC(=O)C1=C(S[C@H]2C[C@@H](C(=O)O)N(C(C)=O)C2)[C@H](C)[C@@H]2[C@@H]([C@@H](C)O)C(=O)N12. The molecule has 2 amide bonds. The molecule has 3 aliphatic rings. The fourth-order valence-electron chi connectivity index (χ4n) is 4.46. The van der Waals surface area contributed by atoms with E-state index < -0.39 is 24.0 Å². The number of carbonyl (C=O) groups excluding carboxylic acids is 3. The summed E-state index contributed by atoms with van der Waals surface area (Å²) in [7, 11) is 0. The van der Waals surface area contributed by atoms with Gasteiger partial charge in [0.25, 0.3) is 0 Å². The van der Waals surface area contributed by atoms with E-state index in [-0.39, 0.29) is 41.4 Å². The Labute approximate surface area is 161 Å². The Morgan fingerprint density at radius 3 is 2.33 bits per heavy atom. The third kappa shape index (κ3) is 3.06. The smallest absolute Gasteiger partial charge is 0.326 e. The van der Waals surface area contributed by atoms with Gasteiger partial charge in [0.2, 0.25) is 11.8 Å². The summed E-state index contributed by atoms with van der Waals surface area (Å²) in [6.45, 7) is 6.54. The number of likely N-dealkylation sites (tertiary alicyclic amines) is 1. The summed E-state index contributed by atoms with van der Waals surface area (Å²) >= 11 is 1.39. The van der Waals surface area contributed by atoms with Crippen LogP contribution in [-0.2, 0) is 19.2 Å². The van der Waals surface area contributed by atoms with Crippen molar-refractivity contribution in [2.75, 3.05) is 6.54 Å². The maximum absolute atomic E-state index is 12.5. The molecule has 3 aliphatic heterocycles. The highest BCUT2D eigenvalue weighted by atomic mass is 32.2. The van der Waals surface area contributed by atoms with Crippen LogP contribution in [0.15, 0.2) is 10.6 Å². The molecule has 3 heterocycles.